The second-order valence-corrected chi connectivity index (χ2v) is 3.44. The zero-order valence-corrected chi connectivity index (χ0v) is 6.72. The predicted molar refractivity (Wildman–Crippen MR) is 45.8 cm³/mol. The number of allylic oxidation sites excluding steroid dienone is 5. The minimum absolute atomic E-state index is 0.332. The molecule has 1 aliphatic rings. The Bertz CT molecular complexity index is 192. The Morgan fingerprint density at radius 1 is 1.60 bits per heavy atom. The molecule has 1 rings (SSSR count). The maximum absolute atomic E-state index is 3.73. The van der Waals surface area contributed by atoms with Gasteiger partial charge in [-0.1, -0.05) is 44.7 Å². The van der Waals surface area contributed by atoms with Crippen LogP contribution in [0.15, 0.2) is 36.5 Å². The Morgan fingerprint density at radius 2 is 2.30 bits per heavy atom. The lowest BCUT2D eigenvalue weighted by molar-refractivity contribution is 0.482. The van der Waals surface area contributed by atoms with E-state index in [1.54, 1.807) is 0 Å². The molecule has 0 N–H and O–H groups in total. The lowest BCUT2D eigenvalue weighted by Gasteiger charge is -2.21. The first-order valence-electron chi connectivity index (χ1n) is 3.66. The van der Waals surface area contributed by atoms with E-state index in [-0.39, 0.29) is 0 Å². The van der Waals surface area contributed by atoms with Gasteiger partial charge >= 0.3 is 0 Å². The van der Waals surface area contributed by atoms with Gasteiger partial charge in [-0.3, -0.25) is 0 Å². The molecule has 0 heterocycles. The van der Waals surface area contributed by atoms with Crippen LogP contribution in [-0.2, 0) is 0 Å². The van der Waals surface area contributed by atoms with Gasteiger partial charge in [0.1, 0.15) is 0 Å². The summed E-state index contributed by atoms with van der Waals surface area (Å²) < 4.78 is 0. The van der Waals surface area contributed by atoms with E-state index >= 15 is 0 Å². The molecule has 0 bridgehead atoms. The van der Waals surface area contributed by atoms with Crippen LogP contribution in [0.25, 0.3) is 0 Å². The standard InChI is InChI=1S/C10H14/c1-4-9-6-5-7-10(2,3)8-9/h4-6,8H,1,7H2,2-3H3. The van der Waals surface area contributed by atoms with Crippen LogP contribution in [0, 0.1) is 5.41 Å². The van der Waals surface area contributed by atoms with E-state index in [2.05, 4.69) is 38.7 Å². The summed E-state index contributed by atoms with van der Waals surface area (Å²) >= 11 is 0. The maximum atomic E-state index is 3.73. The van der Waals surface area contributed by atoms with Gasteiger partial charge in [0.25, 0.3) is 0 Å². The Balaban J connectivity index is 2.84. The molecular weight excluding hydrogens is 120 g/mol. The van der Waals surface area contributed by atoms with Crippen molar-refractivity contribution in [3.05, 3.63) is 36.5 Å². The van der Waals surface area contributed by atoms with Crippen LogP contribution in [0.2, 0.25) is 0 Å². The minimum atomic E-state index is 0.332. The van der Waals surface area contributed by atoms with E-state index in [9.17, 15) is 0 Å². The SMILES string of the molecule is C=CC1=CC(C)(C)CC=C1. The highest BCUT2D eigenvalue weighted by molar-refractivity contribution is 5.33. The van der Waals surface area contributed by atoms with Gasteiger partial charge in [-0.05, 0) is 17.4 Å². The second kappa shape index (κ2) is 2.45. The molecule has 0 atom stereocenters. The van der Waals surface area contributed by atoms with Crippen molar-refractivity contribution < 1.29 is 0 Å². The quantitative estimate of drug-likeness (QED) is 0.517. The summed E-state index contributed by atoms with van der Waals surface area (Å²) in [5.41, 5.74) is 1.58. The Labute approximate surface area is 62.9 Å². The van der Waals surface area contributed by atoms with Gasteiger partial charge in [-0.15, -0.1) is 0 Å². The molecule has 0 aromatic rings. The zero-order chi connectivity index (χ0) is 7.61. The van der Waals surface area contributed by atoms with Crippen molar-refractivity contribution in [2.24, 2.45) is 5.41 Å². The Morgan fingerprint density at radius 3 is 2.70 bits per heavy atom. The average Bonchev–Trinajstić information content (AvgIpc) is 1.86. The molecule has 1 aliphatic carbocycles. The minimum Gasteiger partial charge on any atom is -0.0985 e. The van der Waals surface area contributed by atoms with Crippen LogP contribution < -0.4 is 0 Å². The van der Waals surface area contributed by atoms with Crippen LogP contribution in [0.1, 0.15) is 20.3 Å². The third-order valence-electron chi connectivity index (χ3n) is 1.75. The van der Waals surface area contributed by atoms with Crippen molar-refractivity contribution in [2.45, 2.75) is 20.3 Å². The molecule has 0 heteroatoms. The second-order valence-electron chi connectivity index (χ2n) is 3.44. The van der Waals surface area contributed by atoms with Gasteiger partial charge in [-0.25, -0.2) is 0 Å². The smallest absolute Gasteiger partial charge is 0.0131 e. The van der Waals surface area contributed by atoms with Gasteiger partial charge in [0.05, 0.1) is 0 Å². The normalized spacial score (nSPS) is 22.0. The monoisotopic (exact) mass is 134 g/mol. The zero-order valence-electron chi connectivity index (χ0n) is 6.72. The van der Waals surface area contributed by atoms with Gasteiger partial charge in [0.2, 0.25) is 0 Å². The van der Waals surface area contributed by atoms with Crippen LogP contribution >= 0.6 is 0 Å². The van der Waals surface area contributed by atoms with E-state index in [1.807, 2.05) is 6.08 Å². The van der Waals surface area contributed by atoms with Gasteiger partial charge in [0, 0.05) is 0 Å². The van der Waals surface area contributed by atoms with Crippen molar-refractivity contribution in [3.63, 3.8) is 0 Å². The Hall–Kier alpha value is -0.780. The lowest BCUT2D eigenvalue weighted by atomic mass is 9.83. The highest BCUT2D eigenvalue weighted by atomic mass is 14.2. The average molecular weight is 134 g/mol. The first-order chi connectivity index (χ1) is 4.64. The molecule has 0 radical (unpaired) electrons. The molecule has 0 saturated heterocycles. The number of hydrogen-bond donors (Lipinski definition) is 0. The molecule has 0 saturated carbocycles. The van der Waals surface area contributed by atoms with Gasteiger partial charge < -0.3 is 0 Å². The summed E-state index contributed by atoms with van der Waals surface area (Å²) in [5, 5.41) is 0. The summed E-state index contributed by atoms with van der Waals surface area (Å²) in [5.74, 6) is 0. The van der Waals surface area contributed by atoms with E-state index in [0.29, 0.717) is 5.41 Å². The summed E-state index contributed by atoms with van der Waals surface area (Å²) in [7, 11) is 0. The van der Waals surface area contributed by atoms with E-state index in [0.717, 1.165) is 6.42 Å². The summed E-state index contributed by atoms with van der Waals surface area (Å²) in [6, 6.07) is 0. The van der Waals surface area contributed by atoms with Crippen molar-refractivity contribution in [1.29, 1.82) is 0 Å². The summed E-state index contributed by atoms with van der Waals surface area (Å²) in [6.45, 7) is 8.20. The van der Waals surface area contributed by atoms with Crippen molar-refractivity contribution in [1.82, 2.24) is 0 Å². The van der Waals surface area contributed by atoms with Crippen LogP contribution in [0.5, 0.6) is 0 Å². The highest BCUT2D eigenvalue weighted by Crippen LogP contribution is 2.28. The molecule has 0 spiro atoms. The molecule has 0 aromatic carbocycles. The topological polar surface area (TPSA) is 0 Å². The Kier molecular flexibility index (Phi) is 1.80. The first kappa shape index (κ1) is 7.33. The molecule has 10 heavy (non-hydrogen) atoms. The van der Waals surface area contributed by atoms with Crippen LogP contribution in [0.3, 0.4) is 0 Å². The molecule has 0 amide bonds. The molecule has 0 aromatic heterocycles. The highest BCUT2D eigenvalue weighted by Gasteiger charge is 2.14. The molecule has 0 unspecified atom stereocenters. The van der Waals surface area contributed by atoms with Crippen molar-refractivity contribution in [3.8, 4) is 0 Å². The predicted octanol–water partition coefficient (Wildman–Crippen LogP) is 3.08. The maximum Gasteiger partial charge on any atom is -0.0131 e. The van der Waals surface area contributed by atoms with E-state index in [1.165, 1.54) is 5.57 Å². The molecule has 0 fully saturated rings. The van der Waals surface area contributed by atoms with Crippen LogP contribution in [-0.4, -0.2) is 0 Å². The fourth-order valence-electron chi connectivity index (χ4n) is 1.18. The fourth-order valence-corrected chi connectivity index (χ4v) is 1.18. The van der Waals surface area contributed by atoms with Crippen molar-refractivity contribution in [2.75, 3.05) is 0 Å². The molecule has 0 nitrogen and oxygen atoms in total. The van der Waals surface area contributed by atoms with Gasteiger partial charge in [-0.2, -0.15) is 0 Å². The van der Waals surface area contributed by atoms with Crippen LogP contribution in [0.4, 0.5) is 0 Å². The molecule has 54 valence electrons. The first-order valence-corrected chi connectivity index (χ1v) is 3.66. The third kappa shape index (κ3) is 1.60. The summed E-state index contributed by atoms with van der Waals surface area (Å²) in [6.07, 6.45) is 9.64. The molecule has 0 aliphatic heterocycles. The summed E-state index contributed by atoms with van der Waals surface area (Å²) in [4.78, 5) is 0. The van der Waals surface area contributed by atoms with Gasteiger partial charge in [0.15, 0.2) is 0 Å². The van der Waals surface area contributed by atoms with E-state index in [4.69, 9.17) is 0 Å². The lowest BCUT2D eigenvalue weighted by Crippen LogP contribution is -2.08. The third-order valence-corrected chi connectivity index (χ3v) is 1.75. The number of rotatable bonds is 1. The fraction of sp³-hybridized carbons (Fsp3) is 0.400. The number of hydrogen-bond acceptors (Lipinski definition) is 0. The van der Waals surface area contributed by atoms with Crippen molar-refractivity contribution >= 4 is 0 Å². The largest absolute Gasteiger partial charge is 0.0985 e. The van der Waals surface area contributed by atoms with E-state index < -0.39 is 0 Å². The molecular formula is C10H14.